The number of primary amides is 1. The molecule has 1 heterocycles. The van der Waals surface area contributed by atoms with Crippen LogP contribution in [0.15, 0.2) is 12.1 Å². The van der Waals surface area contributed by atoms with Gasteiger partial charge in [0.15, 0.2) is 0 Å². The maximum atomic E-state index is 10.8. The lowest BCUT2D eigenvalue weighted by Gasteiger charge is -2.14. The number of nitrogens with two attached hydrogens (primary N) is 1. The predicted octanol–water partition coefficient (Wildman–Crippen LogP) is 0.770. The van der Waals surface area contributed by atoms with Gasteiger partial charge in [0.1, 0.15) is 0 Å². The van der Waals surface area contributed by atoms with Crippen LogP contribution in [-0.4, -0.2) is 17.1 Å². The molecule has 0 aromatic carbocycles. The Morgan fingerprint density at radius 3 is 2.43 bits per heavy atom. The Balaban J connectivity index is 2.57. The van der Waals surface area contributed by atoms with E-state index in [0.717, 1.165) is 11.4 Å². The van der Waals surface area contributed by atoms with Crippen LogP contribution >= 0.6 is 0 Å². The number of amides is 1. The average molecular weight is 195 g/mol. The second-order valence-corrected chi connectivity index (χ2v) is 3.62. The highest BCUT2D eigenvalue weighted by Crippen LogP contribution is 2.04. The lowest BCUT2D eigenvalue weighted by Crippen LogP contribution is -2.31. The van der Waals surface area contributed by atoms with Crippen molar-refractivity contribution in [3.63, 3.8) is 0 Å². The molecule has 1 rings (SSSR count). The van der Waals surface area contributed by atoms with Gasteiger partial charge in [0.05, 0.1) is 5.92 Å². The van der Waals surface area contributed by atoms with Gasteiger partial charge in [-0.25, -0.2) is 0 Å². The van der Waals surface area contributed by atoms with E-state index in [2.05, 4.69) is 5.43 Å². The molecule has 14 heavy (non-hydrogen) atoms. The largest absolute Gasteiger partial charge is 0.369 e. The van der Waals surface area contributed by atoms with Crippen LogP contribution in [0.3, 0.4) is 0 Å². The Morgan fingerprint density at radius 2 is 2.00 bits per heavy atom. The van der Waals surface area contributed by atoms with Crippen molar-refractivity contribution in [1.82, 2.24) is 4.68 Å². The van der Waals surface area contributed by atoms with E-state index in [-0.39, 0.29) is 11.8 Å². The van der Waals surface area contributed by atoms with Gasteiger partial charge in [-0.2, -0.15) is 0 Å². The first-order valence-electron chi connectivity index (χ1n) is 4.70. The van der Waals surface area contributed by atoms with Crippen LogP contribution in [0.25, 0.3) is 0 Å². The molecule has 0 aliphatic heterocycles. The van der Waals surface area contributed by atoms with Crippen molar-refractivity contribution in [2.45, 2.75) is 20.8 Å². The monoisotopic (exact) mass is 195 g/mol. The van der Waals surface area contributed by atoms with Crippen LogP contribution in [0.4, 0.5) is 0 Å². The summed E-state index contributed by atoms with van der Waals surface area (Å²) >= 11 is 0. The summed E-state index contributed by atoms with van der Waals surface area (Å²) in [6, 6.07) is 4.05. The van der Waals surface area contributed by atoms with E-state index >= 15 is 0 Å². The third-order valence-electron chi connectivity index (χ3n) is 2.31. The number of nitrogens with zero attached hydrogens (tertiary/aromatic N) is 1. The quantitative estimate of drug-likeness (QED) is 0.745. The van der Waals surface area contributed by atoms with Gasteiger partial charge in [-0.1, -0.05) is 6.92 Å². The SMILES string of the molecule is Cc1ccc(C)n1NCC(C)C(N)=O. The smallest absolute Gasteiger partial charge is 0.222 e. The molecule has 78 valence electrons. The van der Waals surface area contributed by atoms with Gasteiger partial charge in [0, 0.05) is 17.9 Å². The molecule has 0 bridgehead atoms. The maximum Gasteiger partial charge on any atom is 0.222 e. The van der Waals surface area contributed by atoms with E-state index in [1.807, 2.05) is 37.6 Å². The molecule has 1 aromatic rings. The minimum Gasteiger partial charge on any atom is -0.369 e. The van der Waals surface area contributed by atoms with E-state index in [9.17, 15) is 4.79 Å². The second-order valence-electron chi connectivity index (χ2n) is 3.62. The van der Waals surface area contributed by atoms with E-state index in [0.29, 0.717) is 6.54 Å². The van der Waals surface area contributed by atoms with Crippen LogP contribution in [0.1, 0.15) is 18.3 Å². The van der Waals surface area contributed by atoms with Crippen LogP contribution in [0, 0.1) is 19.8 Å². The highest BCUT2D eigenvalue weighted by atomic mass is 16.1. The minimum absolute atomic E-state index is 0.156. The molecule has 1 unspecified atom stereocenters. The first kappa shape index (κ1) is 10.6. The Morgan fingerprint density at radius 1 is 1.50 bits per heavy atom. The number of aromatic nitrogens is 1. The number of carbonyl (C=O) groups is 1. The molecule has 4 heteroatoms. The van der Waals surface area contributed by atoms with Crippen LogP contribution in [-0.2, 0) is 4.79 Å². The van der Waals surface area contributed by atoms with Gasteiger partial charge in [0.25, 0.3) is 0 Å². The summed E-state index contributed by atoms with van der Waals surface area (Å²) < 4.78 is 1.96. The third kappa shape index (κ3) is 2.28. The summed E-state index contributed by atoms with van der Waals surface area (Å²) in [5.41, 5.74) is 10.6. The zero-order valence-corrected chi connectivity index (χ0v) is 8.87. The molecule has 1 aromatic heterocycles. The normalized spacial score (nSPS) is 12.5. The van der Waals surface area contributed by atoms with E-state index < -0.39 is 0 Å². The molecule has 0 saturated carbocycles. The summed E-state index contributed by atoms with van der Waals surface area (Å²) in [6.45, 7) is 6.39. The van der Waals surface area contributed by atoms with E-state index in [1.165, 1.54) is 0 Å². The van der Waals surface area contributed by atoms with Gasteiger partial charge >= 0.3 is 0 Å². The van der Waals surface area contributed by atoms with Crippen LogP contribution in [0.5, 0.6) is 0 Å². The first-order valence-corrected chi connectivity index (χ1v) is 4.70. The van der Waals surface area contributed by atoms with Gasteiger partial charge in [-0.15, -0.1) is 0 Å². The molecular formula is C10H17N3O. The summed E-state index contributed by atoms with van der Waals surface area (Å²) in [7, 11) is 0. The molecular weight excluding hydrogens is 178 g/mol. The van der Waals surface area contributed by atoms with Gasteiger partial charge < -0.3 is 11.2 Å². The van der Waals surface area contributed by atoms with Crippen LogP contribution < -0.4 is 11.2 Å². The molecule has 3 N–H and O–H groups in total. The van der Waals surface area contributed by atoms with Crippen molar-refractivity contribution < 1.29 is 4.79 Å². The molecule has 0 radical (unpaired) electrons. The van der Waals surface area contributed by atoms with Crippen molar-refractivity contribution in [2.75, 3.05) is 12.0 Å². The molecule has 1 atom stereocenters. The highest BCUT2D eigenvalue weighted by molar-refractivity contribution is 5.76. The molecule has 0 spiro atoms. The standard InChI is InChI=1S/C10H17N3O/c1-7(10(11)14)6-12-13-8(2)4-5-9(13)3/h4-5,7,12H,6H2,1-3H3,(H2,11,14). The summed E-state index contributed by atoms with van der Waals surface area (Å²) in [5, 5.41) is 0. The first-order chi connectivity index (χ1) is 6.52. The molecule has 0 fully saturated rings. The summed E-state index contributed by atoms with van der Waals surface area (Å²) in [5.74, 6) is -0.434. The lowest BCUT2D eigenvalue weighted by molar-refractivity contribution is -0.120. The minimum atomic E-state index is -0.278. The average Bonchev–Trinajstić information content (AvgIpc) is 2.43. The van der Waals surface area contributed by atoms with Gasteiger partial charge in [0.2, 0.25) is 5.91 Å². The van der Waals surface area contributed by atoms with E-state index in [1.54, 1.807) is 0 Å². The fourth-order valence-corrected chi connectivity index (χ4v) is 1.25. The molecule has 1 amide bonds. The fraction of sp³-hybridized carbons (Fsp3) is 0.500. The second kappa shape index (κ2) is 4.17. The van der Waals surface area contributed by atoms with E-state index in [4.69, 9.17) is 5.73 Å². The third-order valence-corrected chi connectivity index (χ3v) is 2.31. The lowest BCUT2D eigenvalue weighted by atomic mass is 10.2. The molecule has 4 nitrogen and oxygen atoms in total. The predicted molar refractivity (Wildman–Crippen MR) is 56.5 cm³/mol. The Kier molecular flexibility index (Phi) is 3.17. The topological polar surface area (TPSA) is 60.1 Å². The molecule has 0 saturated heterocycles. The van der Waals surface area contributed by atoms with Crippen molar-refractivity contribution in [3.05, 3.63) is 23.5 Å². The number of rotatable bonds is 4. The van der Waals surface area contributed by atoms with Gasteiger partial charge in [-0.05, 0) is 26.0 Å². The Labute approximate surface area is 84.1 Å². The van der Waals surface area contributed by atoms with Gasteiger partial charge in [-0.3, -0.25) is 9.47 Å². The number of carbonyl (C=O) groups excluding carboxylic acids is 1. The fourth-order valence-electron chi connectivity index (χ4n) is 1.25. The van der Waals surface area contributed by atoms with Crippen molar-refractivity contribution >= 4 is 5.91 Å². The highest BCUT2D eigenvalue weighted by Gasteiger charge is 2.08. The maximum absolute atomic E-state index is 10.8. The Bertz CT molecular complexity index is 311. The molecule has 0 aliphatic rings. The summed E-state index contributed by atoms with van der Waals surface area (Å²) in [4.78, 5) is 10.8. The number of hydrogen-bond acceptors (Lipinski definition) is 2. The number of aryl methyl sites for hydroxylation is 2. The van der Waals surface area contributed by atoms with Crippen molar-refractivity contribution in [3.8, 4) is 0 Å². The zero-order chi connectivity index (χ0) is 10.7. The van der Waals surface area contributed by atoms with Crippen molar-refractivity contribution in [1.29, 1.82) is 0 Å². The van der Waals surface area contributed by atoms with Crippen LogP contribution in [0.2, 0.25) is 0 Å². The summed E-state index contributed by atoms with van der Waals surface area (Å²) in [6.07, 6.45) is 0. The molecule has 0 aliphatic carbocycles. The Hall–Kier alpha value is -1.45. The zero-order valence-electron chi connectivity index (χ0n) is 8.87. The number of nitrogens with one attached hydrogen (secondary N) is 1. The number of hydrogen-bond donors (Lipinski definition) is 2. The van der Waals surface area contributed by atoms with Crippen molar-refractivity contribution in [2.24, 2.45) is 11.7 Å².